The summed E-state index contributed by atoms with van der Waals surface area (Å²) in [6, 6.07) is 0.236. The van der Waals surface area contributed by atoms with Crippen LogP contribution in [0, 0.1) is 0 Å². The van der Waals surface area contributed by atoms with Gasteiger partial charge in [0, 0.05) is 16.8 Å². The van der Waals surface area contributed by atoms with Crippen LogP contribution in [0.5, 0.6) is 0 Å². The van der Waals surface area contributed by atoms with Crippen molar-refractivity contribution < 1.29 is 4.79 Å². The summed E-state index contributed by atoms with van der Waals surface area (Å²) in [4.78, 5) is 15.9. The molecule has 88 valence electrons. The van der Waals surface area contributed by atoms with E-state index in [2.05, 4.69) is 36.4 Å². The van der Waals surface area contributed by atoms with Crippen LogP contribution < -0.4 is 10.6 Å². The molecule has 16 heavy (non-hydrogen) atoms. The highest BCUT2D eigenvalue weighted by atomic mass is 32.1. The molecule has 0 saturated heterocycles. The maximum Gasteiger partial charge on any atom is 0.321 e. The minimum atomic E-state index is -0.141. The van der Waals surface area contributed by atoms with E-state index in [0.717, 1.165) is 18.5 Å². The first-order valence-electron chi connectivity index (χ1n) is 5.49. The number of anilines is 1. The molecule has 4 nitrogen and oxygen atoms in total. The molecule has 0 aromatic carbocycles. The Morgan fingerprint density at radius 1 is 1.50 bits per heavy atom. The number of carbonyl (C=O) groups is 1. The molecule has 2 rings (SSSR count). The second-order valence-corrected chi connectivity index (χ2v) is 6.02. The molecule has 0 aliphatic heterocycles. The molecule has 5 heteroatoms. The van der Waals surface area contributed by atoms with Gasteiger partial charge in [0.25, 0.3) is 0 Å². The van der Waals surface area contributed by atoms with Crippen LogP contribution in [0.1, 0.15) is 39.3 Å². The highest BCUT2D eigenvalue weighted by Crippen LogP contribution is 2.26. The monoisotopic (exact) mass is 239 g/mol. The average Bonchev–Trinajstić information content (AvgIpc) is 2.80. The van der Waals surface area contributed by atoms with Gasteiger partial charge < -0.3 is 5.32 Å². The van der Waals surface area contributed by atoms with Crippen LogP contribution in [0.15, 0.2) is 5.38 Å². The van der Waals surface area contributed by atoms with E-state index in [1.54, 1.807) is 0 Å². The van der Waals surface area contributed by atoms with Crippen molar-refractivity contribution in [3.8, 4) is 0 Å². The zero-order valence-corrected chi connectivity index (χ0v) is 10.6. The number of rotatable bonds is 2. The molecule has 2 amide bonds. The molecule has 2 N–H and O–H groups in total. The van der Waals surface area contributed by atoms with Crippen LogP contribution >= 0.6 is 11.3 Å². The van der Waals surface area contributed by atoms with Gasteiger partial charge in [0.2, 0.25) is 0 Å². The number of carbonyl (C=O) groups excluding carboxylic acids is 1. The van der Waals surface area contributed by atoms with Crippen molar-refractivity contribution in [2.75, 3.05) is 5.32 Å². The van der Waals surface area contributed by atoms with Gasteiger partial charge in [0.15, 0.2) is 5.13 Å². The van der Waals surface area contributed by atoms with Crippen LogP contribution in [0.3, 0.4) is 0 Å². The number of hydrogen-bond acceptors (Lipinski definition) is 3. The van der Waals surface area contributed by atoms with Gasteiger partial charge in [-0.1, -0.05) is 20.8 Å². The van der Waals surface area contributed by atoms with Crippen molar-refractivity contribution in [1.82, 2.24) is 10.3 Å². The molecule has 0 radical (unpaired) electrons. The predicted molar refractivity (Wildman–Crippen MR) is 66.0 cm³/mol. The van der Waals surface area contributed by atoms with Crippen molar-refractivity contribution in [2.24, 2.45) is 0 Å². The topological polar surface area (TPSA) is 54.0 Å². The van der Waals surface area contributed by atoms with Crippen molar-refractivity contribution >= 4 is 22.5 Å². The summed E-state index contributed by atoms with van der Waals surface area (Å²) in [5.74, 6) is 0. The molecule has 1 aromatic rings. The lowest BCUT2D eigenvalue weighted by molar-refractivity contribution is 0.251. The fourth-order valence-electron chi connectivity index (χ4n) is 1.22. The molecule has 0 unspecified atom stereocenters. The summed E-state index contributed by atoms with van der Waals surface area (Å²) in [6.45, 7) is 6.32. The predicted octanol–water partition coefficient (Wildman–Crippen LogP) is 2.72. The number of nitrogens with one attached hydrogen (secondary N) is 2. The van der Waals surface area contributed by atoms with E-state index >= 15 is 0 Å². The molecule has 1 aromatic heterocycles. The number of thiazole rings is 1. The maximum absolute atomic E-state index is 11.5. The third kappa shape index (κ3) is 2.95. The summed E-state index contributed by atoms with van der Waals surface area (Å²) >= 11 is 1.47. The molecule has 0 spiro atoms. The number of aromatic nitrogens is 1. The lowest BCUT2D eigenvalue weighted by Crippen LogP contribution is -2.30. The summed E-state index contributed by atoms with van der Waals surface area (Å²) < 4.78 is 0. The van der Waals surface area contributed by atoms with Gasteiger partial charge in [-0.2, -0.15) is 0 Å². The molecular weight excluding hydrogens is 222 g/mol. The molecular formula is C11H17N3OS. The van der Waals surface area contributed by atoms with Gasteiger partial charge in [-0.25, -0.2) is 9.78 Å². The number of urea groups is 1. The first-order valence-corrected chi connectivity index (χ1v) is 6.36. The van der Waals surface area contributed by atoms with Crippen LogP contribution in [-0.2, 0) is 5.41 Å². The lowest BCUT2D eigenvalue weighted by atomic mass is 9.93. The quantitative estimate of drug-likeness (QED) is 0.833. The Labute approximate surface area is 99.5 Å². The number of hydrogen-bond donors (Lipinski definition) is 2. The number of nitrogens with zero attached hydrogens (tertiary/aromatic N) is 1. The van der Waals surface area contributed by atoms with Crippen molar-refractivity contribution in [2.45, 2.75) is 45.1 Å². The van der Waals surface area contributed by atoms with Gasteiger partial charge in [-0.15, -0.1) is 11.3 Å². The summed E-state index contributed by atoms with van der Waals surface area (Å²) in [6.07, 6.45) is 2.19. The Bertz CT molecular complexity index is 390. The second-order valence-electron chi connectivity index (χ2n) is 5.16. The van der Waals surface area contributed by atoms with E-state index in [4.69, 9.17) is 0 Å². The molecule has 1 aliphatic rings. The van der Waals surface area contributed by atoms with Crippen LogP contribution in [0.25, 0.3) is 0 Å². The Hall–Kier alpha value is -1.10. The summed E-state index contributed by atoms with van der Waals surface area (Å²) in [7, 11) is 0. The van der Waals surface area contributed by atoms with E-state index in [1.165, 1.54) is 11.3 Å². The molecule has 0 atom stereocenters. The van der Waals surface area contributed by atoms with Crippen LogP contribution in [0.4, 0.5) is 9.93 Å². The van der Waals surface area contributed by atoms with E-state index in [0.29, 0.717) is 11.2 Å². The minimum Gasteiger partial charge on any atom is -0.335 e. The van der Waals surface area contributed by atoms with Crippen LogP contribution in [0.2, 0.25) is 0 Å². The van der Waals surface area contributed by atoms with Gasteiger partial charge >= 0.3 is 6.03 Å². The van der Waals surface area contributed by atoms with Gasteiger partial charge in [-0.3, -0.25) is 5.32 Å². The zero-order chi connectivity index (χ0) is 11.8. The Balaban J connectivity index is 1.93. The molecule has 1 fully saturated rings. The third-order valence-electron chi connectivity index (χ3n) is 2.41. The van der Waals surface area contributed by atoms with E-state index in [1.807, 2.05) is 5.38 Å². The fraction of sp³-hybridized carbons (Fsp3) is 0.636. The first kappa shape index (κ1) is 11.4. The van der Waals surface area contributed by atoms with Gasteiger partial charge in [0.1, 0.15) is 0 Å². The number of amides is 2. The highest BCUT2D eigenvalue weighted by molar-refractivity contribution is 7.13. The molecule has 1 heterocycles. The standard InChI is InChI=1S/C11H17N3OS/c1-11(2,3)8-6-16-10(13-8)14-9(15)12-7-4-5-7/h6-7H,4-5H2,1-3H3,(H2,12,13,14,15). The van der Waals surface area contributed by atoms with Crippen LogP contribution in [-0.4, -0.2) is 17.1 Å². The van der Waals surface area contributed by atoms with E-state index in [-0.39, 0.29) is 11.4 Å². The first-order chi connectivity index (χ1) is 7.45. The third-order valence-corrected chi connectivity index (χ3v) is 3.16. The Kier molecular flexibility index (Phi) is 2.88. The Morgan fingerprint density at radius 3 is 2.69 bits per heavy atom. The largest absolute Gasteiger partial charge is 0.335 e. The normalized spacial score (nSPS) is 15.9. The van der Waals surface area contributed by atoms with Gasteiger partial charge in [0.05, 0.1) is 5.69 Å². The van der Waals surface area contributed by atoms with Crippen molar-refractivity contribution in [3.05, 3.63) is 11.1 Å². The molecule has 0 bridgehead atoms. The lowest BCUT2D eigenvalue weighted by Gasteiger charge is -2.14. The fourth-order valence-corrected chi connectivity index (χ4v) is 2.15. The molecule has 1 aliphatic carbocycles. The van der Waals surface area contributed by atoms with E-state index < -0.39 is 0 Å². The average molecular weight is 239 g/mol. The molecule has 1 saturated carbocycles. The Morgan fingerprint density at radius 2 is 2.19 bits per heavy atom. The minimum absolute atomic E-state index is 0.0311. The zero-order valence-electron chi connectivity index (χ0n) is 9.83. The summed E-state index contributed by atoms with van der Waals surface area (Å²) in [5.41, 5.74) is 1.04. The van der Waals surface area contributed by atoms with Gasteiger partial charge in [-0.05, 0) is 12.8 Å². The smallest absolute Gasteiger partial charge is 0.321 e. The van der Waals surface area contributed by atoms with E-state index in [9.17, 15) is 4.79 Å². The SMILES string of the molecule is CC(C)(C)c1csc(NC(=O)NC2CC2)n1. The van der Waals surface area contributed by atoms with Crippen molar-refractivity contribution in [1.29, 1.82) is 0 Å². The maximum atomic E-state index is 11.5. The highest BCUT2D eigenvalue weighted by Gasteiger charge is 2.24. The second kappa shape index (κ2) is 4.05. The summed E-state index contributed by atoms with van der Waals surface area (Å²) in [5, 5.41) is 8.29. The van der Waals surface area contributed by atoms with Crippen molar-refractivity contribution in [3.63, 3.8) is 0 Å².